The molecule has 2 N–H and O–H groups in total. The Labute approximate surface area is 135 Å². The zero-order valence-electron chi connectivity index (χ0n) is 12.8. The third-order valence-corrected chi connectivity index (χ3v) is 4.58. The van der Waals surface area contributed by atoms with Crippen LogP contribution in [0.4, 0.5) is 0 Å². The number of benzene rings is 1. The molecule has 8 nitrogen and oxygen atoms in total. The maximum absolute atomic E-state index is 12.0. The van der Waals surface area contributed by atoms with Crippen LogP contribution in [0, 0.1) is 6.92 Å². The Bertz CT molecular complexity index is 726. The van der Waals surface area contributed by atoms with Crippen LogP contribution in [-0.4, -0.2) is 42.2 Å². The van der Waals surface area contributed by atoms with Crippen LogP contribution in [0.3, 0.4) is 0 Å². The Hall–Kier alpha value is -2.26. The maximum atomic E-state index is 12.0. The summed E-state index contributed by atoms with van der Waals surface area (Å²) in [6.45, 7) is 2.67. The number of aromatic nitrogens is 3. The van der Waals surface area contributed by atoms with Crippen molar-refractivity contribution in [1.82, 2.24) is 24.8 Å². The van der Waals surface area contributed by atoms with E-state index >= 15 is 0 Å². The van der Waals surface area contributed by atoms with E-state index in [1.165, 1.54) is 12.7 Å². The molecule has 1 heterocycles. The molecule has 0 aliphatic carbocycles. The van der Waals surface area contributed by atoms with Gasteiger partial charge in [0.1, 0.15) is 12.7 Å². The highest BCUT2D eigenvalue weighted by Crippen LogP contribution is 2.09. The van der Waals surface area contributed by atoms with Crippen molar-refractivity contribution in [3.05, 3.63) is 42.5 Å². The summed E-state index contributed by atoms with van der Waals surface area (Å²) in [5, 5.41) is 6.54. The van der Waals surface area contributed by atoms with E-state index in [1.807, 2.05) is 6.92 Å². The molecule has 9 heteroatoms. The average molecular weight is 337 g/mol. The molecule has 0 unspecified atom stereocenters. The summed E-state index contributed by atoms with van der Waals surface area (Å²) in [5.74, 6) is -0.171. The van der Waals surface area contributed by atoms with Gasteiger partial charge in [0.15, 0.2) is 0 Å². The summed E-state index contributed by atoms with van der Waals surface area (Å²) in [4.78, 5) is 15.6. The molecule has 0 radical (unpaired) electrons. The third-order valence-electron chi connectivity index (χ3n) is 3.11. The number of hydrogen-bond donors (Lipinski definition) is 2. The Morgan fingerprint density at radius 2 is 1.96 bits per heavy atom. The first kappa shape index (κ1) is 17.1. The van der Waals surface area contributed by atoms with E-state index in [4.69, 9.17) is 0 Å². The predicted octanol–water partition coefficient (Wildman–Crippen LogP) is 0.0713. The van der Waals surface area contributed by atoms with E-state index < -0.39 is 10.0 Å². The minimum atomic E-state index is -3.55. The third kappa shape index (κ3) is 5.46. The molecule has 2 aromatic rings. The number of amides is 1. The van der Waals surface area contributed by atoms with Gasteiger partial charge in [-0.2, -0.15) is 5.10 Å². The fourth-order valence-electron chi connectivity index (χ4n) is 1.84. The van der Waals surface area contributed by atoms with Gasteiger partial charge in [0.25, 0.3) is 0 Å². The lowest BCUT2D eigenvalue weighted by atomic mass is 10.2. The fraction of sp³-hybridized carbons (Fsp3) is 0.357. The molecule has 1 aromatic carbocycles. The van der Waals surface area contributed by atoms with E-state index in [-0.39, 0.29) is 30.3 Å². The summed E-state index contributed by atoms with van der Waals surface area (Å²) < 4.78 is 28.1. The van der Waals surface area contributed by atoms with Crippen LogP contribution in [0.5, 0.6) is 0 Å². The van der Waals surface area contributed by atoms with E-state index in [0.717, 1.165) is 5.56 Å². The number of carbonyl (C=O) groups is 1. The molecule has 0 fully saturated rings. The largest absolute Gasteiger partial charge is 0.355 e. The topological polar surface area (TPSA) is 106 Å². The molecule has 1 aromatic heterocycles. The molecule has 124 valence electrons. The number of nitrogens with one attached hydrogen (secondary N) is 2. The quantitative estimate of drug-likeness (QED) is 0.663. The summed E-state index contributed by atoms with van der Waals surface area (Å²) in [7, 11) is -3.55. The maximum Gasteiger partial charge on any atom is 0.240 e. The molecule has 0 spiro atoms. The van der Waals surface area contributed by atoms with Crippen LogP contribution in [0.25, 0.3) is 0 Å². The molecular formula is C14H19N5O3S. The van der Waals surface area contributed by atoms with Gasteiger partial charge >= 0.3 is 0 Å². The van der Waals surface area contributed by atoms with Crippen molar-refractivity contribution in [3.63, 3.8) is 0 Å². The van der Waals surface area contributed by atoms with Crippen LogP contribution in [0.15, 0.2) is 41.8 Å². The standard InChI is InChI=1S/C14H19N5O3S/c1-12-2-4-13(5-3-12)23(21,22)18-8-7-16-14(20)6-9-19-11-15-10-17-19/h2-5,10-11,18H,6-9H2,1H3,(H,16,20). The van der Waals surface area contributed by atoms with Gasteiger partial charge in [0, 0.05) is 19.5 Å². The van der Waals surface area contributed by atoms with Crippen LogP contribution in [0.1, 0.15) is 12.0 Å². The minimum absolute atomic E-state index is 0.130. The molecule has 0 aliphatic rings. The number of rotatable bonds is 8. The molecule has 1 amide bonds. The van der Waals surface area contributed by atoms with Gasteiger partial charge in [0.2, 0.25) is 15.9 Å². The molecule has 2 rings (SSSR count). The zero-order valence-corrected chi connectivity index (χ0v) is 13.6. The normalized spacial score (nSPS) is 11.3. The van der Waals surface area contributed by atoms with Crippen molar-refractivity contribution in [2.75, 3.05) is 13.1 Å². The Kier molecular flexibility index (Phi) is 5.83. The van der Waals surface area contributed by atoms with Gasteiger partial charge in [-0.05, 0) is 19.1 Å². The van der Waals surface area contributed by atoms with E-state index in [0.29, 0.717) is 6.54 Å². The molecule has 0 bridgehead atoms. The van der Waals surface area contributed by atoms with Gasteiger partial charge in [-0.1, -0.05) is 17.7 Å². The SMILES string of the molecule is Cc1ccc(S(=O)(=O)NCCNC(=O)CCn2cncn2)cc1. The highest BCUT2D eigenvalue weighted by atomic mass is 32.2. The molecule has 0 aliphatic heterocycles. The zero-order chi connectivity index (χ0) is 16.7. The van der Waals surface area contributed by atoms with Crippen molar-refractivity contribution in [3.8, 4) is 0 Å². The Morgan fingerprint density at radius 3 is 2.61 bits per heavy atom. The second-order valence-corrected chi connectivity index (χ2v) is 6.74. The highest BCUT2D eigenvalue weighted by Gasteiger charge is 2.12. The summed E-state index contributed by atoms with van der Waals surface area (Å²) in [5.41, 5.74) is 0.989. The summed E-state index contributed by atoms with van der Waals surface area (Å²) in [6.07, 6.45) is 3.19. The number of carbonyl (C=O) groups excluding carboxylic acids is 1. The molecular weight excluding hydrogens is 318 g/mol. The van der Waals surface area contributed by atoms with Gasteiger partial charge < -0.3 is 5.32 Å². The Morgan fingerprint density at radius 1 is 1.22 bits per heavy atom. The lowest BCUT2D eigenvalue weighted by Crippen LogP contribution is -2.35. The second kappa shape index (κ2) is 7.84. The van der Waals surface area contributed by atoms with Crippen LogP contribution in [0.2, 0.25) is 0 Å². The van der Waals surface area contributed by atoms with Crippen LogP contribution < -0.4 is 10.0 Å². The van der Waals surface area contributed by atoms with E-state index in [1.54, 1.807) is 28.9 Å². The predicted molar refractivity (Wildman–Crippen MR) is 84.0 cm³/mol. The van der Waals surface area contributed by atoms with Gasteiger partial charge in [-0.25, -0.2) is 18.1 Å². The first-order chi connectivity index (χ1) is 11.0. The minimum Gasteiger partial charge on any atom is -0.355 e. The Balaban J connectivity index is 1.70. The number of hydrogen-bond acceptors (Lipinski definition) is 5. The summed E-state index contributed by atoms with van der Waals surface area (Å²) in [6, 6.07) is 6.57. The van der Waals surface area contributed by atoms with Crippen LogP contribution in [-0.2, 0) is 21.4 Å². The first-order valence-electron chi connectivity index (χ1n) is 7.13. The lowest BCUT2D eigenvalue weighted by molar-refractivity contribution is -0.121. The van der Waals surface area contributed by atoms with Gasteiger partial charge in [-0.3, -0.25) is 9.48 Å². The molecule has 23 heavy (non-hydrogen) atoms. The van der Waals surface area contributed by atoms with Gasteiger partial charge in [-0.15, -0.1) is 0 Å². The molecule has 0 atom stereocenters. The lowest BCUT2D eigenvalue weighted by Gasteiger charge is -2.08. The highest BCUT2D eigenvalue weighted by molar-refractivity contribution is 7.89. The molecule has 0 saturated carbocycles. The summed E-state index contributed by atoms with van der Waals surface area (Å²) >= 11 is 0. The van der Waals surface area contributed by atoms with Gasteiger partial charge in [0.05, 0.1) is 11.4 Å². The number of aryl methyl sites for hydroxylation is 2. The molecule has 0 saturated heterocycles. The second-order valence-electron chi connectivity index (χ2n) is 4.97. The van der Waals surface area contributed by atoms with Crippen molar-refractivity contribution in [1.29, 1.82) is 0 Å². The van der Waals surface area contributed by atoms with E-state index in [2.05, 4.69) is 20.1 Å². The van der Waals surface area contributed by atoms with Crippen molar-refractivity contribution in [2.24, 2.45) is 0 Å². The number of nitrogens with zero attached hydrogens (tertiary/aromatic N) is 3. The first-order valence-corrected chi connectivity index (χ1v) is 8.61. The fourth-order valence-corrected chi connectivity index (χ4v) is 2.87. The van der Waals surface area contributed by atoms with Crippen molar-refractivity contribution in [2.45, 2.75) is 24.8 Å². The smallest absolute Gasteiger partial charge is 0.240 e. The van der Waals surface area contributed by atoms with E-state index in [9.17, 15) is 13.2 Å². The van der Waals surface area contributed by atoms with Crippen molar-refractivity contribution < 1.29 is 13.2 Å². The monoisotopic (exact) mass is 337 g/mol. The number of sulfonamides is 1. The van der Waals surface area contributed by atoms with Crippen molar-refractivity contribution >= 4 is 15.9 Å². The van der Waals surface area contributed by atoms with Crippen LogP contribution >= 0.6 is 0 Å². The average Bonchev–Trinajstić information content (AvgIpc) is 3.03.